The summed E-state index contributed by atoms with van der Waals surface area (Å²) in [5, 5.41) is 16.3. The van der Waals surface area contributed by atoms with Crippen molar-refractivity contribution in [1.29, 1.82) is 0 Å². The topological polar surface area (TPSA) is 95.1 Å². The number of halogens is 4. The number of hydrogen-bond donors (Lipinski definition) is 3. The maximum absolute atomic E-state index is 13.9. The minimum absolute atomic E-state index is 0.246. The van der Waals surface area contributed by atoms with E-state index >= 15 is 0 Å². The lowest BCUT2D eigenvalue weighted by molar-refractivity contribution is -0.141. The number of rotatable bonds is 5. The Morgan fingerprint density at radius 1 is 1.31 bits per heavy atom. The van der Waals surface area contributed by atoms with Gasteiger partial charge in [0.05, 0.1) is 12.1 Å². The Morgan fingerprint density at radius 3 is 2.88 bits per heavy atom. The molecule has 3 heterocycles. The summed E-state index contributed by atoms with van der Waals surface area (Å²) in [4.78, 5) is 18.5. The van der Waals surface area contributed by atoms with Gasteiger partial charge in [0, 0.05) is 36.6 Å². The number of nitrogens with one attached hydrogen (secondary N) is 3. The molecule has 1 amide bonds. The minimum Gasteiger partial charge on any atom is -0.367 e. The van der Waals surface area contributed by atoms with E-state index < -0.39 is 30.4 Å². The van der Waals surface area contributed by atoms with Gasteiger partial charge in [-0.15, -0.1) is 5.10 Å². The van der Waals surface area contributed by atoms with Crippen LogP contribution in [0.5, 0.6) is 0 Å². The molecule has 0 aromatic carbocycles. The third-order valence-corrected chi connectivity index (χ3v) is 5.72. The maximum atomic E-state index is 13.9. The smallest absolute Gasteiger partial charge is 0.367 e. The molecule has 3 N–H and O–H groups in total. The van der Waals surface area contributed by atoms with Gasteiger partial charge in [-0.05, 0) is 18.9 Å². The summed E-state index contributed by atoms with van der Waals surface area (Å²) in [6, 6.07) is -0.384. The van der Waals surface area contributed by atoms with Crippen molar-refractivity contribution in [2.75, 3.05) is 18.9 Å². The molecule has 8 nitrogen and oxygen atoms in total. The van der Waals surface area contributed by atoms with E-state index in [1.807, 2.05) is 5.32 Å². The van der Waals surface area contributed by atoms with Crippen LogP contribution in [-0.4, -0.2) is 58.0 Å². The van der Waals surface area contributed by atoms with Crippen molar-refractivity contribution in [3.63, 3.8) is 0 Å². The Morgan fingerprint density at radius 2 is 2.09 bits per heavy atom. The molecule has 1 aliphatic carbocycles. The van der Waals surface area contributed by atoms with E-state index in [9.17, 15) is 22.4 Å². The second kappa shape index (κ2) is 8.75. The molecule has 0 bridgehead atoms. The van der Waals surface area contributed by atoms with Crippen molar-refractivity contribution < 1.29 is 22.4 Å². The number of anilines is 1. The Balaban J connectivity index is 1.49. The van der Waals surface area contributed by atoms with Crippen LogP contribution >= 0.6 is 0 Å². The monoisotopic (exact) mass is 453 g/mol. The molecule has 1 saturated carbocycles. The lowest BCUT2D eigenvalue weighted by Crippen LogP contribution is -2.45. The molecule has 1 unspecified atom stereocenters. The summed E-state index contributed by atoms with van der Waals surface area (Å²) in [6.45, 7) is -1.36. The largest absolute Gasteiger partial charge is 0.405 e. The lowest BCUT2D eigenvalue weighted by Gasteiger charge is -2.31. The van der Waals surface area contributed by atoms with Crippen molar-refractivity contribution in [2.24, 2.45) is 5.92 Å². The quantitative estimate of drug-likeness (QED) is 0.590. The zero-order valence-corrected chi connectivity index (χ0v) is 17.3. The maximum Gasteiger partial charge on any atom is 0.405 e. The summed E-state index contributed by atoms with van der Waals surface area (Å²) < 4.78 is 51.4. The standard InChI is InChI=1S/C20H23F4N7O/c1-31-9-11(21)6-13-14(7-25-18(13)31)17-29-16(8-27-30-17)28-15-5-3-2-4-12(15)19(32)26-10-20(22,23)24/h6-9,12,15,18,25H,2-5,10H2,1H3,(H,26,32)(H,28,29,30)/t12-,15+,18?/m0/s1. The number of nitrogens with zero attached hydrogens (tertiary/aromatic N) is 4. The number of allylic oxidation sites excluding steroid dienone is 2. The van der Waals surface area contributed by atoms with Crippen LogP contribution in [0.1, 0.15) is 31.5 Å². The third-order valence-electron chi connectivity index (χ3n) is 5.72. The van der Waals surface area contributed by atoms with Gasteiger partial charge < -0.3 is 20.9 Å². The summed E-state index contributed by atoms with van der Waals surface area (Å²) in [5.74, 6) is -1.03. The van der Waals surface area contributed by atoms with Crippen molar-refractivity contribution in [3.05, 3.63) is 41.9 Å². The Kier molecular flexibility index (Phi) is 6.02. The summed E-state index contributed by atoms with van der Waals surface area (Å²) in [6.07, 6.45) is 3.85. The number of likely N-dealkylation sites (N-methyl/N-ethyl adjacent to an activating group) is 1. The molecule has 1 fully saturated rings. The molecule has 1 aromatic heterocycles. The Bertz CT molecular complexity index is 975. The fourth-order valence-electron chi connectivity index (χ4n) is 4.24. The average Bonchev–Trinajstić information content (AvgIpc) is 3.16. The highest BCUT2D eigenvalue weighted by Gasteiger charge is 2.35. The molecule has 0 spiro atoms. The number of alkyl halides is 3. The first kappa shape index (κ1) is 22.0. The van der Waals surface area contributed by atoms with E-state index in [1.165, 1.54) is 18.5 Å². The molecule has 3 atom stereocenters. The number of hydrogen-bond acceptors (Lipinski definition) is 7. The molecular weight excluding hydrogens is 430 g/mol. The van der Waals surface area contributed by atoms with E-state index in [0.717, 1.165) is 12.8 Å². The van der Waals surface area contributed by atoms with E-state index in [0.29, 0.717) is 29.8 Å². The van der Waals surface area contributed by atoms with Gasteiger partial charge in [0.2, 0.25) is 5.91 Å². The first-order chi connectivity index (χ1) is 15.2. The molecule has 32 heavy (non-hydrogen) atoms. The molecule has 3 aliphatic rings. The lowest BCUT2D eigenvalue weighted by atomic mass is 9.84. The van der Waals surface area contributed by atoms with Gasteiger partial charge in [-0.2, -0.15) is 18.3 Å². The number of carbonyl (C=O) groups is 1. The molecule has 0 saturated heterocycles. The molecule has 172 valence electrons. The second-order valence-electron chi connectivity index (χ2n) is 8.05. The van der Waals surface area contributed by atoms with Crippen LogP contribution in [0, 0.1) is 5.92 Å². The molecule has 0 radical (unpaired) electrons. The van der Waals surface area contributed by atoms with Gasteiger partial charge in [0.15, 0.2) is 5.82 Å². The highest BCUT2D eigenvalue weighted by atomic mass is 19.4. The summed E-state index contributed by atoms with van der Waals surface area (Å²) in [5.41, 5.74) is 1.25. The van der Waals surface area contributed by atoms with Gasteiger partial charge in [0.25, 0.3) is 0 Å². The highest BCUT2D eigenvalue weighted by Crippen LogP contribution is 2.33. The van der Waals surface area contributed by atoms with E-state index in [2.05, 4.69) is 25.8 Å². The molecule has 12 heteroatoms. The van der Waals surface area contributed by atoms with E-state index in [1.54, 1.807) is 18.1 Å². The van der Waals surface area contributed by atoms with Crippen molar-refractivity contribution in [1.82, 2.24) is 30.7 Å². The Hall–Kier alpha value is -3.18. The van der Waals surface area contributed by atoms with Crippen LogP contribution in [0.2, 0.25) is 0 Å². The highest BCUT2D eigenvalue weighted by molar-refractivity contribution is 5.81. The van der Waals surface area contributed by atoms with Gasteiger partial charge in [-0.3, -0.25) is 4.79 Å². The minimum atomic E-state index is -4.46. The molecule has 2 aliphatic heterocycles. The number of amides is 1. The van der Waals surface area contributed by atoms with Crippen LogP contribution in [0.25, 0.3) is 5.57 Å². The number of aromatic nitrogens is 3. The predicted octanol–water partition coefficient (Wildman–Crippen LogP) is 2.47. The summed E-state index contributed by atoms with van der Waals surface area (Å²) in [7, 11) is 1.74. The normalized spacial score (nSPS) is 25.2. The zero-order valence-electron chi connectivity index (χ0n) is 17.3. The number of fused-ring (bicyclic) bond motifs is 1. The van der Waals surface area contributed by atoms with E-state index in [-0.39, 0.29) is 18.0 Å². The fraction of sp³-hybridized carbons (Fsp3) is 0.500. The second-order valence-corrected chi connectivity index (χ2v) is 8.05. The Labute approximate surface area is 181 Å². The average molecular weight is 453 g/mol. The van der Waals surface area contributed by atoms with Crippen molar-refractivity contribution in [2.45, 2.75) is 44.1 Å². The van der Waals surface area contributed by atoms with Crippen LogP contribution in [-0.2, 0) is 4.79 Å². The van der Waals surface area contributed by atoms with Gasteiger partial charge in [-0.25, -0.2) is 9.37 Å². The first-order valence-electron chi connectivity index (χ1n) is 10.3. The third kappa shape index (κ3) is 4.83. The van der Waals surface area contributed by atoms with Gasteiger partial charge in [-0.1, -0.05) is 12.8 Å². The van der Waals surface area contributed by atoms with Gasteiger partial charge in [0.1, 0.15) is 24.4 Å². The first-order valence-corrected chi connectivity index (χ1v) is 10.3. The SMILES string of the molecule is CN1C=C(F)C=C2C(c3nncc(N[C@@H]4CCCC[C@@H]4C(=O)NCC(F)(F)F)n3)=CNC21. The fourth-order valence-corrected chi connectivity index (χ4v) is 4.24. The van der Waals surface area contributed by atoms with Crippen molar-refractivity contribution >= 4 is 17.3 Å². The molecular formula is C20H23F4N7O. The van der Waals surface area contributed by atoms with Crippen LogP contribution < -0.4 is 16.0 Å². The van der Waals surface area contributed by atoms with Crippen LogP contribution in [0.15, 0.2) is 36.1 Å². The molecule has 1 aromatic rings. The van der Waals surface area contributed by atoms with Crippen LogP contribution in [0.4, 0.5) is 23.4 Å². The van der Waals surface area contributed by atoms with Gasteiger partial charge >= 0.3 is 6.18 Å². The zero-order chi connectivity index (χ0) is 22.9. The van der Waals surface area contributed by atoms with Crippen LogP contribution in [0.3, 0.4) is 0 Å². The predicted molar refractivity (Wildman–Crippen MR) is 108 cm³/mol. The number of carbonyl (C=O) groups excluding carboxylic acids is 1. The van der Waals surface area contributed by atoms with Crippen molar-refractivity contribution in [3.8, 4) is 0 Å². The molecule has 4 rings (SSSR count). The summed E-state index contributed by atoms with van der Waals surface area (Å²) >= 11 is 0. The van der Waals surface area contributed by atoms with E-state index in [4.69, 9.17) is 0 Å².